The molecule has 0 aliphatic carbocycles. The van der Waals surface area contributed by atoms with Crippen molar-refractivity contribution >= 4 is 12.6 Å². The van der Waals surface area contributed by atoms with Gasteiger partial charge in [0.2, 0.25) is 0 Å². The Morgan fingerprint density at radius 2 is 1.65 bits per heavy atom. The fourth-order valence-electron chi connectivity index (χ4n) is 2.05. The molecule has 2 aromatic rings. The lowest BCUT2D eigenvalue weighted by molar-refractivity contribution is 0.304. The van der Waals surface area contributed by atoms with E-state index < -0.39 is 7.12 Å². The van der Waals surface area contributed by atoms with E-state index in [2.05, 4.69) is 32.0 Å². The summed E-state index contributed by atoms with van der Waals surface area (Å²) in [5, 5.41) is 18.2. The van der Waals surface area contributed by atoms with E-state index in [0.717, 1.165) is 16.9 Å². The molecule has 104 valence electrons. The first kappa shape index (κ1) is 14.6. The van der Waals surface area contributed by atoms with Crippen LogP contribution in [0.25, 0.3) is 0 Å². The molecule has 3 nitrogen and oxygen atoms in total. The molecule has 0 fully saturated rings. The van der Waals surface area contributed by atoms with Crippen LogP contribution in [0.2, 0.25) is 0 Å². The molecule has 2 N–H and O–H groups in total. The summed E-state index contributed by atoms with van der Waals surface area (Å²) in [6, 6.07) is 11.4. The third-order valence-corrected chi connectivity index (χ3v) is 3.46. The zero-order chi connectivity index (χ0) is 14.7. The van der Waals surface area contributed by atoms with Crippen molar-refractivity contribution in [3.05, 3.63) is 58.7 Å². The lowest BCUT2D eigenvalue weighted by Crippen LogP contribution is -2.29. The maximum absolute atomic E-state index is 9.12. The molecule has 0 saturated carbocycles. The van der Waals surface area contributed by atoms with Crippen LogP contribution in [0, 0.1) is 20.8 Å². The van der Waals surface area contributed by atoms with Gasteiger partial charge in [0.25, 0.3) is 0 Å². The van der Waals surface area contributed by atoms with E-state index in [0.29, 0.717) is 12.1 Å². The molecule has 2 rings (SSSR count). The van der Waals surface area contributed by atoms with Crippen molar-refractivity contribution in [2.75, 3.05) is 0 Å². The van der Waals surface area contributed by atoms with Crippen LogP contribution in [0.5, 0.6) is 5.75 Å². The van der Waals surface area contributed by atoms with Gasteiger partial charge in [-0.25, -0.2) is 0 Å². The highest BCUT2D eigenvalue weighted by molar-refractivity contribution is 6.58. The van der Waals surface area contributed by atoms with Crippen molar-refractivity contribution in [2.24, 2.45) is 0 Å². The second kappa shape index (κ2) is 6.12. The number of benzene rings is 2. The molecular formula is C16H19BO3. The summed E-state index contributed by atoms with van der Waals surface area (Å²) in [6.45, 7) is 6.56. The number of hydrogen-bond donors (Lipinski definition) is 2. The van der Waals surface area contributed by atoms with Gasteiger partial charge in [-0.05, 0) is 54.6 Å². The maximum Gasteiger partial charge on any atom is 0.488 e. The summed E-state index contributed by atoms with van der Waals surface area (Å²) in [7, 11) is -1.44. The Bertz CT molecular complexity index is 609. The summed E-state index contributed by atoms with van der Waals surface area (Å²) >= 11 is 0. The minimum atomic E-state index is -1.44. The first-order chi connectivity index (χ1) is 9.47. The van der Waals surface area contributed by atoms with E-state index in [1.54, 1.807) is 18.2 Å². The quantitative estimate of drug-likeness (QED) is 0.834. The van der Waals surface area contributed by atoms with Crippen LogP contribution < -0.4 is 10.2 Å². The van der Waals surface area contributed by atoms with Gasteiger partial charge in [0.05, 0.1) is 0 Å². The largest absolute Gasteiger partial charge is 0.489 e. The maximum atomic E-state index is 9.12. The second-order valence-electron chi connectivity index (χ2n) is 5.11. The molecule has 0 spiro atoms. The second-order valence-corrected chi connectivity index (χ2v) is 5.11. The Balaban J connectivity index is 2.09. The van der Waals surface area contributed by atoms with E-state index in [9.17, 15) is 0 Å². The molecule has 0 heterocycles. The van der Waals surface area contributed by atoms with Crippen molar-refractivity contribution in [3.8, 4) is 5.75 Å². The topological polar surface area (TPSA) is 49.7 Å². The smallest absolute Gasteiger partial charge is 0.488 e. The molecule has 0 amide bonds. The summed E-state index contributed by atoms with van der Waals surface area (Å²) < 4.78 is 5.79. The molecular weight excluding hydrogens is 251 g/mol. The summed E-state index contributed by atoms with van der Waals surface area (Å²) in [4.78, 5) is 0. The molecule has 0 aromatic heterocycles. The zero-order valence-electron chi connectivity index (χ0n) is 12.1. The predicted molar refractivity (Wildman–Crippen MR) is 81.3 cm³/mol. The summed E-state index contributed by atoms with van der Waals surface area (Å²) in [5.74, 6) is 0.757. The summed E-state index contributed by atoms with van der Waals surface area (Å²) in [5.41, 5.74) is 5.01. The van der Waals surface area contributed by atoms with Gasteiger partial charge in [0.1, 0.15) is 12.4 Å². The van der Waals surface area contributed by atoms with E-state index in [4.69, 9.17) is 14.8 Å². The van der Waals surface area contributed by atoms with Gasteiger partial charge in [-0.2, -0.15) is 0 Å². The van der Waals surface area contributed by atoms with E-state index in [1.807, 2.05) is 6.92 Å². The lowest BCUT2D eigenvalue weighted by Gasteiger charge is -2.11. The highest BCUT2D eigenvalue weighted by Gasteiger charge is 2.12. The first-order valence-corrected chi connectivity index (χ1v) is 6.63. The number of ether oxygens (including phenoxy) is 1. The van der Waals surface area contributed by atoms with Crippen LogP contribution in [-0.2, 0) is 6.61 Å². The fraction of sp³-hybridized carbons (Fsp3) is 0.250. The average molecular weight is 270 g/mol. The van der Waals surface area contributed by atoms with Gasteiger partial charge >= 0.3 is 7.12 Å². The van der Waals surface area contributed by atoms with Gasteiger partial charge in [-0.3, -0.25) is 0 Å². The van der Waals surface area contributed by atoms with Crippen LogP contribution in [-0.4, -0.2) is 17.2 Å². The number of rotatable bonds is 4. The zero-order valence-corrected chi connectivity index (χ0v) is 12.1. The first-order valence-electron chi connectivity index (χ1n) is 6.63. The molecule has 0 bridgehead atoms. The Kier molecular flexibility index (Phi) is 4.48. The standard InChI is InChI=1S/C16H19BO3/c1-11-4-5-14(8-12(11)2)10-20-16-7-6-15(17(18)19)9-13(16)3/h4-9,18-19H,10H2,1-3H3. The highest BCUT2D eigenvalue weighted by Crippen LogP contribution is 2.18. The SMILES string of the molecule is Cc1ccc(COc2ccc(B(O)O)cc2C)cc1C. The number of aryl methyl sites for hydroxylation is 3. The minimum Gasteiger partial charge on any atom is -0.489 e. The Hall–Kier alpha value is -1.78. The highest BCUT2D eigenvalue weighted by atomic mass is 16.5. The predicted octanol–water partition coefficient (Wildman–Crippen LogP) is 1.87. The van der Waals surface area contributed by atoms with E-state index in [1.165, 1.54) is 11.1 Å². The van der Waals surface area contributed by atoms with Gasteiger partial charge in [0.15, 0.2) is 0 Å². The lowest BCUT2D eigenvalue weighted by atomic mass is 9.79. The Labute approximate surface area is 120 Å². The molecule has 0 radical (unpaired) electrons. The van der Waals surface area contributed by atoms with Crippen molar-refractivity contribution in [1.82, 2.24) is 0 Å². The average Bonchev–Trinajstić information content (AvgIpc) is 2.41. The van der Waals surface area contributed by atoms with Crippen molar-refractivity contribution in [2.45, 2.75) is 27.4 Å². The van der Waals surface area contributed by atoms with Gasteiger partial charge in [-0.1, -0.05) is 30.3 Å². The van der Waals surface area contributed by atoms with Crippen LogP contribution >= 0.6 is 0 Å². The minimum absolute atomic E-state index is 0.473. The fourth-order valence-corrected chi connectivity index (χ4v) is 2.05. The van der Waals surface area contributed by atoms with E-state index >= 15 is 0 Å². The molecule has 0 atom stereocenters. The van der Waals surface area contributed by atoms with Crippen molar-refractivity contribution < 1.29 is 14.8 Å². The number of hydrogen-bond acceptors (Lipinski definition) is 3. The van der Waals surface area contributed by atoms with Crippen LogP contribution in [0.4, 0.5) is 0 Å². The molecule has 0 unspecified atom stereocenters. The van der Waals surface area contributed by atoms with Crippen molar-refractivity contribution in [1.29, 1.82) is 0 Å². The van der Waals surface area contributed by atoms with Crippen LogP contribution in [0.3, 0.4) is 0 Å². The monoisotopic (exact) mass is 270 g/mol. The molecule has 0 aliphatic rings. The Morgan fingerprint density at radius 3 is 2.25 bits per heavy atom. The van der Waals surface area contributed by atoms with Crippen molar-refractivity contribution in [3.63, 3.8) is 0 Å². The normalized spacial score (nSPS) is 10.4. The molecule has 0 saturated heterocycles. The van der Waals surface area contributed by atoms with Crippen LogP contribution in [0.1, 0.15) is 22.3 Å². The van der Waals surface area contributed by atoms with E-state index in [-0.39, 0.29) is 0 Å². The van der Waals surface area contributed by atoms with Gasteiger partial charge in [0, 0.05) is 0 Å². The molecule has 4 heteroatoms. The molecule has 20 heavy (non-hydrogen) atoms. The van der Waals surface area contributed by atoms with Crippen LogP contribution in [0.15, 0.2) is 36.4 Å². The third kappa shape index (κ3) is 3.41. The molecule has 0 aliphatic heterocycles. The summed E-state index contributed by atoms with van der Waals surface area (Å²) in [6.07, 6.45) is 0. The molecule has 2 aromatic carbocycles. The van der Waals surface area contributed by atoms with Gasteiger partial charge in [-0.15, -0.1) is 0 Å². The van der Waals surface area contributed by atoms with Gasteiger partial charge < -0.3 is 14.8 Å². The third-order valence-electron chi connectivity index (χ3n) is 3.46. The Morgan fingerprint density at radius 1 is 0.900 bits per heavy atom.